The summed E-state index contributed by atoms with van der Waals surface area (Å²) < 4.78 is 0. The van der Waals surface area contributed by atoms with E-state index >= 15 is 0 Å². The molecule has 2 nitrogen and oxygen atoms in total. The minimum atomic E-state index is 1.15. The van der Waals surface area contributed by atoms with Crippen molar-refractivity contribution in [2.45, 2.75) is 12.8 Å². The average Bonchev–Trinajstić information content (AvgIpc) is 2.21. The number of allylic oxidation sites excluding steroid dienone is 2. The average molecular weight is 178 g/mol. The first-order chi connectivity index (χ1) is 6.45. The molecule has 1 fully saturated rings. The zero-order chi connectivity index (χ0) is 8.93. The van der Waals surface area contributed by atoms with Gasteiger partial charge in [0.15, 0.2) is 0 Å². The zero-order valence-corrected chi connectivity index (χ0v) is 8.13. The summed E-state index contributed by atoms with van der Waals surface area (Å²) in [4.78, 5) is 2.53. The van der Waals surface area contributed by atoms with Crippen LogP contribution in [-0.2, 0) is 0 Å². The van der Waals surface area contributed by atoms with Crippen molar-refractivity contribution in [1.82, 2.24) is 10.2 Å². The Bertz CT molecular complexity index is 212. The molecular formula is C11H18N2. The molecule has 0 amide bonds. The summed E-state index contributed by atoms with van der Waals surface area (Å²) in [6, 6.07) is 0. The Morgan fingerprint density at radius 1 is 1.23 bits per heavy atom. The number of hydrogen-bond donors (Lipinski definition) is 1. The summed E-state index contributed by atoms with van der Waals surface area (Å²) in [5.74, 6) is 0. The summed E-state index contributed by atoms with van der Waals surface area (Å²) in [5, 5.41) is 3.37. The van der Waals surface area contributed by atoms with E-state index in [1.165, 1.54) is 31.5 Å². The van der Waals surface area contributed by atoms with Crippen molar-refractivity contribution in [2.24, 2.45) is 0 Å². The van der Waals surface area contributed by atoms with Gasteiger partial charge in [0.2, 0.25) is 0 Å². The van der Waals surface area contributed by atoms with Gasteiger partial charge in [-0.15, -0.1) is 0 Å². The van der Waals surface area contributed by atoms with E-state index in [2.05, 4.69) is 28.4 Å². The molecule has 0 spiro atoms. The van der Waals surface area contributed by atoms with Gasteiger partial charge >= 0.3 is 0 Å². The fourth-order valence-corrected chi connectivity index (χ4v) is 1.91. The molecule has 1 aliphatic carbocycles. The molecule has 0 saturated carbocycles. The molecule has 0 radical (unpaired) electrons. The first-order valence-corrected chi connectivity index (χ1v) is 5.24. The molecule has 13 heavy (non-hydrogen) atoms. The minimum Gasteiger partial charge on any atom is -0.314 e. The highest BCUT2D eigenvalue weighted by Gasteiger charge is 2.10. The van der Waals surface area contributed by atoms with Gasteiger partial charge in [0.1, 0.15) is 0 Å². The quantitative estimate of drug-likeness (QED) is 0.683. The Labute approximate surface area is 80.3 Å². The maximum absolute atomic E-state index is 3.37. The molecule has 0 atom stereocenters. The van der Waals surface area contributed by atoms with Gasteiger partial charge in [-0.1, -0.05) is 18.2 Å². The highest BCUT2D eigenvalue weighted by molar-refractivity contribution is 5.23. The third kappa shape index (κ3) is 2.68. The monoisotopic (exact) mass is 178 g/mol. The second-order valence-electron chi connectivity index (χ2n) is 3.78. The molecular weight excluding hydrogens is 160 g/mol. The Kier molecular flexibility index (Phi) is 3.16. The zero-order valence-electron chi connectivity index (χ0n) is 8.13. The van der Waals surface area contributed by atoms with Gasteiger partial charge in [0.05, 0.1) is 0 Å². The van der Waals surface area contributed by atoms with Gasteiger partial charge < -0.3 is 5.32 Å². The van der Waals surface area contributed by atoms with Crippen molar-refractivity contribution in [3.05, 3.63) is 23.8 Å². The third-order valence-corrected chi connectivity index (χ3v) is 2.69. The second kappa shape index (κ2) is 4.58. The molecule has 0 aromatic heterocycles. The lowest BCUT2D eigenvalue weighted by Crippen LogP contribution is -2.44. The molecule has 0 aromatic rings. The standard InChI is InChI=1S/C11H18N2/c1-2-4-11(5-3-1)10-13-8-6-12-7-9-13/h2,4-5,12H,1,3,6-10H2. The van der Waals surface area contributed by atoms with Crippen molar-refractivity contribution in [3.8, 4) is 0 Å². The fraction of sp³-hybridized carbons (Fsp3) is 0.636. The van der Waals surface area contributed by atoms with E-state index in [0.29, 0.717) is 0 Å². The lowest BCUT2D eigenvalue weighted by Gasteiger charge is -2.27. The molecule has 1 N–H and O–H groups in total. The second-order valence-corrected chi connectivity index (χ2v) is 3.78. The van der Waals surface area contributed by atoms with Gasteiger partial charge in [0, 0.05) is 32.7 Å². The van der Waals surface area contributed by atoms with Gasteiger partial charge in [-0.3, -0.25) is 4.90 Å². The van der Waals surface area contributed by atoms with E-state index in [-0.39, 0.29) is 0 Å². The van der Waals surface area contributed by atoms with Crippen LogP contribution in [0.1, 0.15) is 12.8 Å². The van der Waals surface area contributed by atoms with Crippen LogP contribution in [0.2, 0.25) is 0 Å². The SMILES string of the molecule is C1=CC(CN2CCNCC2)=CCC1. The summed E-state index contributed by atoms with van der Waals surface area (Å²) >= 11 is 0. The van der Waals surface area contributed by atoms with Crippen molar-refractivity contribution >= 4 is 0 Å². The van der Waals surface area contributed by atoms with E-state index in [4.69, 9.17) is 0 Å². The van der Waals surface area contributed by atoms with Crippen LogP contribution in [0.15, 0.2) is 23.8 Å². The summed E-state index contributed by atoms with van der Waals surface area (Å²) in [7, 11) is 0. The minimum absolute atomic E-state index is 1.15. The lowest BCUT2D eigenvalue weighted by atomic mass is 10.1. The number of rotatable bonds is 2. The van der Waals surface area contributed by atoms with Gasteiger partial charge in [-0.25, -0.2) is 0 Å². The fourth-order valence-electron chi connectivity index (χ4n) is 1.91. The molecule has 1 saturated heterocycles. The molecule has 2 aliphatic rings. The lowest BCUT2D eigenvalue weighted by molar-refractivity contribution is 0.261. The third-order valence-electron chi connectivity index (χ3n) is 2.69. The van der Waals surface area contributed by atoms with E-state index in [0.717, 1.165) is 19.6 Å². The maximum Gasteiger partial charge on any atom is 0.0231 e. The molecule has 2 rings (SSSR count). The van der Waals surface area contributed by atoms with Gasteiger partial charge in [-0.2, -0.15) is 0 Å². The van der Waals surface area contributed by atoms with Crippen LogP contribution >= 0.6 is 0 Å². The molecule has 72 valence electrons. The highest BCUT2D eigenvalue weighted by atomic mass is 15.2. The van der Waals surface area contributed by atoms with Crippen molar-refractivity contribution < 1.29 is 0 Å². The molecule has 1 aliphatic heterocycles. The topological polar surface area (TPSA) is 15.3 Å². The normalized spacial score (nSPS) is 24.5. The van der Waals surface area contributed by atoms with E-state index < -0.39 is 0 Å². The van der Waals surface area contributed by atoms with Crippen molar-refractivity contribution in [2.75, 3.05) is 32.7 Å². The Morgan fingerprint density at radius 3 is 2.77 bits per heavy atom. The first-order valence-electron chi connectivity index (χ1n) is 5.24. The Morgan fingerprint density at radius 2 is 2.08 bits per heavy atom. The summed E-state index contributed by atoms with van der Waals surface area (Å²) in [6.45, 7) is 5.85. The number of nitrogens with one attached hydrogen (secondary N) is 1. The molecule has 0 unspecified atom stereocenters. The Hall–Kier alpha value is -0.600. The van der Waals surface area contributed by atoms with Gasteiger partial charge in [-0.05, 0) is 18.4 Å². The smallest absolute Gasteiger partial charge is 0.0231 e. The molecule has 2 heteroatoms. The Balaban J connectivity index is 1.82. The van der Waals surface area contributed by atoms with E-state index in [1.54, 1.807) is 0 Å². The van der Waals surface area contributed by atoms with E-state index in [9.17, 15) is 0 Å². The van der Waals surface area contributed by atoms with Crippen LogP contribution in [0.4, 0.5) is 0 Å². The van der Waals surface area contributed by atoms with Crippen LogP contribution in [0.25, 0.3) is 0 Å². The van der Waals surface area contributed by atoms with Crippen LogP contribution in [0.3, 0.4) is 0 Å². The predicted molar refractivity (Wildman–Crippen MR) is 55.8 cm³/mol. The number of hydrogen-bond acceptors (Lipinski definition) is 2. The van der Waals surface area contributed by atoms with Gasteiger partial charge in [0.25, 0.3) is 0 Å². The van der Waals surface area contributed by atoms with Crippen LogP contribution in [0.5, 0.6) is 0 Å². The van der Waals surface area contributed by atoms with E-state index in [1.807, 2.05) is 0 Å². The molecule has 0 bridgehead atoms. The number of piperazine rings is 1. The van der Waals surface area contributed by atoms with Crippen molar-refractivity contribution in [1.29, 1.82) is 0 Å². The van der Waals surface area contributed by atoms with Crippen LogP contribution < -0.4 is 5.32 Å². The van der Waals surface area contributed by atoms with Crippen molar-refractivity contribution in [3.63, 3.8) is 0 Å². The molecule has 0 aromatic carbocycles. The summed E-state index contributed by atoms with van der Waals surface area (Å²) in [6.07, 6.45) is 9.41. The molecule has 1 heterocycles. The predicted octanol–water partition coefficient (Wildman–Crippen LogP) is 1.17. The largest absolute Gasteiger partial charge is 0.314 e. The highest BCUT2D eigenvalue weighted by Crippen LogP contribution is 2.11. The van der Waals surface area contributed by atoms with Crippen LogP contribution in [-0.4, -0.2) is 37.6 Å². The van der Waals surface area contributed by atoms with Crippen LogP contribution in [0, 0.1) is 0 Å². The summed E-state index contributed by atoms with van der Waals surface area (Å²) in [5.41, 5.74) is 1.51. The first kappa shape index (κ1) is 8.97. The maximum atomic E-state index is 3.37. The number of nitrogens with zero attached hydrogens (tertiary/aromatic N) is 1.